The van der Waals surface area contributed by atoms with E-state index in [2.05, 4.69) is 40.1 Å². The van der Waals surface area contributed by atoms with E-state index in [1.165, 1.54) is 4.90 Å². The van der Waals surface area contributed by atoms with Gasteiger partial charge in [0.2, 0.25) is 5.91 Å². The van der Waals surface area contributed by atoms with Crippen molar-refractivity contribution >= 4 is 41.1 Å². The standard InChI is InChI=1S/C34H44N6O4S2/c1-24(2)32-38-29(22-45-32)20-40(3)33(42)36-19-31(41)37-27(16-25-10-6-4-7-11-25)14-15-28(17-26-12-8-5-9-13-26)39-34(43)44-21-30-18-35-23-46-30/h4-13,18,22,24,27-28,35H,14-17,19-21,23H2,1-3H3,(H,36,42)(H,37,41)(H,39,43). The lowest BCUT2D eigenvalue weighted by Gasteiger charge is -2.24. The van der Waals surface area contributed by atoms with Crippen molar-refractivity contribution in [3.63, 3.8) is 0 Å². The molecule has 0 aliphatic carbocycles. The van der Waals surface area contributed by atoms with E-state index in [4.69, 9.17) is 4.74 Å². The van der Waals surface area contributed by atoms with Crippen LogP contribution < -0.4 is 21.3 Å². The molecule has 12 heteroatoms. The minimum absolute atomic E-state index is 0.149. The number of thiazole rings is 1. The Morgan fingerprint density at radius 3 is 2.15 bits per heavy atom. The molecule has 10 nitrogen and oxygen atoms in total. The lowest BCUT2D eigenvalue weighted by atomic mass is 9.96. The third-order valence-electron chi connectivity index (χ3n) is 7.36. The van der Waals surface area contributed by atoms with Gasteiger partial charge >= 0.3 is 12.1 Å². The summed E-state index contributed by atoms with van der Waals surface area (Å²) < 4.78 is 5.49. The Morgan fingerprint density at radius 1 is 0.957 bits per heavy atom. The summed E-state index contributed by atoms with van der Waals surface area (Å²) in [6, 6.07) is 19.2. The van der Waals surface area contributed by atoms with E-state index in [0.717, 1.165) is 32.6 Å². The maximum absolute atomic E-state index is 13.1. The van der Waals surface area contributed by atoms with Gasteiger partial charge in [0, 0.05) is 41.5 Å². The molecule has 3 aromatic rings. The zero-order valence-electron chi connectivity index (χ0n) is 26.7. The molecule has 4 rings (SSSR count). The molecule has 0 fully saturated rings. The number of carbonyl (C=O) groups excluding carboxylic acids is 3. The molecule has 2 unspecified atom stereocenters. The Balaban J connectivity index is 1.33. The van der Waals surface area contributed by atoms with Crippen LogP contribution in [0.5, 0.6) is 0 Å². The first-order valence-corrected chi connectivity index (χ1v) is 17.4. The zero-order chi connectivity index (χ0) is 32.7. The van der Waals surface area contributed by atoms with Gasteiger partial charge in [-0.25, -0.2) is 14.6 Å². The maximum atomic E-state index is 13.1. The second-order valence-electron chi connectivity index (χ2n) is 11.6. The number of hydrogen-bond acceptors (Lipinski definition) is 8. The molecule has 0 bridgehead atoms. The van der Waals surface area contributed by atoms with Crippen molar-refractivity contribution in [2.24, 2.45) is 0 Å². The second-order valence-corrected chi connectivity index (χ2v) is 13.6. The van der Waals surface area contributed by atoms with Crippen molar-refractivity contribution in [1.29, 1.82) is 0 Å². The number of nitrogens with one attached hydrogen (secondary N) is 4. The molecule has 2 atom stereocenters. The van der Waals surface area contributed by atoms with E-state index < -0.39 is 6.09 Å². The van der Waals surface area contributed by atoms with Gasteiger partial charge in [-0.05, 0) is 36.8 Å². The summed E-state index contributed by atoms with van der Waals surface area (Å²) in [6.45, 7) is 4.61. The number of aromatic nitrogens is 1. The molecule has 1 aromatic heterocycles. The highest BCUT2D eigenvalue weighted by Gasteiger charge is 2.21. The number of hydrogen-bond donors (Lipinski definition) is 4. The third kappa shape index (κ3) is 12.1. The van der Waals surface area contributed by atoms with Crippen molar-refractivity contribution in [2.45, 2.75) is 64.1 Å². The summed E-state index contributed by atoms with van der Waals surface area (Å²) in [5.41, 5.74) is 3.01. The summed E-state index contributed by atoms with van der Waals surface area (Å²) in [5.74, 6) is 0.832. The van der Waals surface area contributed by atoms with Crippen LogP contribution >= 0.6 is 23.1 Å². The van der Waals surface area contributed by atoms with Gasteiger partial charge in [0.15, 0.2) is 0 Å². The molecule has 46 heavy (non-hydrogen) atoms. The first-order chi connectivity index (χ1) is 22.2. The Morgan fingerprint density at radius 2 is 1.59 bits per heavy atom. The van der Waals surface area contributed by atoms with Crippen molar-refractivity contribution in [3.8, 4) is 0 Å². The number of urea groups is 1. The number of alkyl carbamates (subject to hydrolysis) is 1. The Labute approximate surface area is 279 Å². The number of rotatable bonds is 16. The SMILES string of the molecule is CC(C)c1nc(CN(C)C(=O)NCC(=O)NC(CCC(Cc2ccccc2)NC(=O)OCC2=CNCS2)Cc2ccccc2)cs1. The van der Waals surface area contributed by atoms with E-state index in [9.17, 15) is 14.4 Å². The van der Waals surface area contributed by atoms with Gasteiger partial charge in [-0.2, -0.15) is 0 Å². The summed E-state index contributed by atoms with van der Waals surface area (Å²) in [6.07, 6.45) is 3.86. The second kappa shape index (κ2) is 18.2. The first kappa shape index (κ1) is 34.8. The minimum Gasteiger partial charge on any atom is -0.444 e. The topological polar surface area (TPSA) is 125 Å². The quantitative estimate of drug-likeness (QED) is 0.162. The number of ether oxygens (including phenoxy) is 1. The fraction of sp³-hybridized carbons (Fsp3) is 0.412. The number of thioether (sulfide) groups is 1. The van der Waals surface area contributed by atoms with E-state index in [1.54, 1.807) is 30.1 Å². The van der Waals surface area contributed by atoms with E-state index in [-0.39, 0.29) is 37.2 Å². The Kier molecular flexibility index (Phi) is 13.8. The number of nitrogens with zero attached hydrogens (tertiary/aromatic N) is 2. The van der Waals surface area contributed by atoms with Crippen LogP contribution in [0.25, 0.3) is 0 Å². The fourth-order valence-electron chi connectivity index (χ4n) is 4.95. The molecule has 4 amide bonds. The fourth-order valence-corrected chi connectivity index (χ4v) is 6.44. The normalized spacial score (nSPS) is 13.7. The molecular weight excluding hydrogens is 621 g/mol. The van der Waals surface area contributed by atoms with Crippen molar-refractivity contribution in [3.05, 3.63) is 99.0 Å². The van der Waals surface area contributed by atoms with Crippen LogP contribution in [-0.2, 0) is 28.9 Å². The van der Waals surface area contributed by atoms with E-state index in [1.807, 2.05) is 72.2 Å². The van der Waals surface area contributed by atoms with Crippen LogP contribution in [0, 0.1) is 0 Å². The molecule has 246 valence electrons. The molecule has 0 saturated heterocycles. The van der Waals surface area contributed by atoms with Crippen LogP contribution in [0.1, 0.15) is 54.4 Å². The molecule has 0 radical (unpaired) electrons. The Hall–Kier alpha value is -4.03. The number of amides is 4. The third-order valence-corrected chi connectivity index (χ3v) is 9.47. The van der Waals surface area contributed by atoms with Gasteiger partial charge in [-0.3, -0.25) is 4.79 Å². The van der Waals surface area contributed by atoms with Gasteiger partial charge in [0.25, 0.3) is 0 Å². The molecule has 2 aromatic carbocycles. The molecule has 1 aliphatic heterocycles. The van der Waals surface area contributed by atoms with Gasteiger partial charge in [-0.1, -0.05) is 74.5 Å². The van der Waals surface area contributed by atoms with Crippen LogP contribution in [0.15, 0.2) is 77.1 Å². The predicted octanol–water partition coefficient (Wildman–Crippen LogP) is 5.39. The van der Waals surface area contributed by atoms with Crippen molar-refractivity contribution < 1.29 is 19.1 Å². The van der Waals surface area contributed by atoms with Gasteiger partial charge in [-0.15, -0.1) is 23.1 Å². The molecule has 0 spiro atoms. The average Bonchev–Trinajstić information content (AvgIpc) is 3.75. The summed E-state index contributed by atoms with van der Waals surface area (Å²) in [4.78, 5) is 45.7. The van der Waals surface area contributed by atoms with Gasteiger partial charge in [0.1, 0.15) is 6.61 Å². The number of benzene rings is 2. The summed E-state index contributed by atoms with van der Waals surface area (Å²) >= 11 is 3.19. The first-order valence-electron chi connectivity index (χ1n) is 15.5. The zero-order valence-corrected chi connectivity index (χ0v) is 28.3. The minimum atomic E-state index is -0.470. The lowest BCUT2D eigenvalue weighted by Crippen LogP contribution is -2.46. The lowest BCUT2D eigenvalue weighted by molar-refractivity contribution is -0.120. The predicted molar refractivity (Wildman–Crippen MR) is 184 cm³/mol. The smallest absolute Gasteiger partial charge is 0.407 e. The van der Waals surface area contributed by atoms with Gasteiger partial charge in [0.05, 0.1) is 29.7 Å². The molecule has 4 N–H and O–H groups in total. The van der Waals surface area contributed by atoms with Crippen molar-refractivity contribution in [1.82, 2.24) is 31.2 Å². The molecule has 0 saturated carbocycles. The highest BCUT2D eigenvalue weighted by atomic mass is 32.2. The highest BCUT2D eigenvalue weighted by Crippen LogP contribution is 2.20. The van der Waals surface area contributed by atoms with Crippen LogP contribution in [0.4, 0.5) is 9.59 Å². The van der Waals surface area contributed by atoms with Crippen LogP contribution in [0.2, 0.25) is 0 Å². The van der Waals surface area contributed by atoms with Crippen LogP contribution in [-0.4, -0.2) is 66.1 Å². The summed E-state index contributed by atoms with van der Waals surface area (Å²) in [5, 5.41) is 15.0. The summed E-state index contributed by atoms with van der Waals surface area (Å²) in [7, 11) is 1.69. The average molecular weight is 665 g/mol. The van der Waals surface area contributed by atoms with Crippen LogP contribution in [0.3, 0.4) is 0 Å². The molecule has 1 aliphatic rings. The van der Waals surface area contributed by atoms with Gasteiger partial charge < -0.3 is 30.9 Å². The highest BCUT2D eigenvalue weighted by molar-refractivity contribution is 8.03. The molecule has 2 heterocycles. The van der Waals surface area contributed by atoms with E-state index >= 15 is 0 Å². The maximum Gasteiger partial charge on any atom is 0.407 e. The molecular formula is C34H44N6O4S2. The van der Waals surface area contributed by atoms with E-state index in [0.29, 0.717) is 38.1 Å². The Bertz CT molecular complexity index is 1430. The largest absolute Gasteiger partial charge is 0.444 e. The monoisotopic (exact) mass is 664 g/mol. The number of carbonyl (C=O) groups is 3. The van der Waals surface area contributed by atoms with Crippen molar-refractivity contribution in [2.75, 3.05) is 26.1 Å².